The van der Waals surface area contributed by atoms with E-state index in [0.29, 0.717) is 0 Å². The first-order chi connectivity index (χ1) is 15.8. The minimum atomic E-state index is 0.117. The van der Waals surface area contributed by atoms with Crippen molar-refractivity contribution in [3.05, 3.63) is 80.6 Å². The Labute approximate surface area is 204 Å². The van der Waals surface area contributed by atoms with Gasteiger partial charge in [-0.05, 0) is 77.1 Å². The molecule has 0 spiro atoms. The van der Waals surface area contributed by atoms with Gasteiger partial charge in [-0.2, -0.15) is 0 Å². The van der Waals surface area contributed by atoms with Crippen LogP contribution in [-0.2, 0) is 12.8 Å². The Morgan fingerprint density at radius 1 is 0.594 bits per heavy atom. The number of benzene rings is 2. The van der Waals surface area contributed by atoms with Crippen molar-refractivity contribution in [2.45, 2.75) is 88.4 Å². The molecule has 2 heteroatoms. The lowest BCUT2D eigenvalue weighted by Gasteiger charge is -2.39. The molecule has 168 valence electrons. The number of allylic oxidation sites excluding steroid dienone is 2. The lowest BCUT2D eigenvalue weighted by Crippen LogP contribution is -2.21. The summed E-state index contributed by atoms with van der Waals surface area (Å²) >= 11 is 3.48. The minimum Gasteiger partial charge on any atom is -0.0730 e. The Morgan fingerprint density at radius 3 is 1.62 bits per heavy atom. The third-order valence-electron chi connectivity index (χ3n) is 7.74. The molecule has 0 amide bonds. The van der Waals surface area contributed by atoms with Crippen LogP contribution in [0.25, 0.3) is 12.2 Å². The number of fused-ring (bicyclic) bond motifs is 2. The first kappa shape index (κ1) is 22.6. The Hall–Kier alpha value is -1.17. The molecule has 0 N–H and O–H groups in total. The van der Waals surface area contributed by atoms with Crippen molar-refractivity contribution in [2.24, 2.45) is 0 Å². The van der Waals surface area contributed by atoms with Gasteiger partial charge in [0.15, 0.2) is 0 Å². The van der Waals surface area contributed by atoms with E-state index in [9.17, 15) is 0 Å². The summed E-state index contributed by atoms with van der Waals surface area (Å²) in [4.78, 5) is 0. The van der Waals surface area contributed by atoms with E-state index in [2.05, 4.69) is 76.6 Å². The summed E-state index contributed by atoms with van der Waals surface area (Å²) in [6.07, 6.45) is 22.2. The van der Waals surface area contributed by atoms with Crippen LogP contribution in [0.3, 0.4) is 0 Å². The zero-order valence-corrected chi connectivity index (χ0v) is 21.7. The first-order valence-electron chi connectivity index (χ1n) is 12.8. The van der Waals surface area contributed by atoms with Crippen LogP contribution in [0.4, 0.5) is 0 Å². The van der Waals surface area contributed by atoms with Crippen LogP contribution in [0.5, 0.6) is 0 Å². The van der Waals surface area contributed by atoms with Gasteiger partial charge in [-0.15, -0.1) is 0 Å². The standard InChI is InChI=1S/C21H29P.C9H7Br/c1-3-11-19(12-4-1)22(20-13-5-2-6-14-20)21-15-17-9-7-8-10-18(17)16-21;10-9-5-7-3-1-2-4-8(7)6-9/h7-10,15,19-20H,1-6,11-14,16H2;1-5H,6H2. The van der Waals surface area contributed by atoms with E-state index in [0.717, 1.165) is 17.7 Å². The van der Waals surface area contributed by atoms with Gasteiger partial charge in [0.2, 0.25) is 0 Å². The number of halogens is 1. The van der Waals surface area contributed by atoms with Crippen molar-refractivity contribution in [3.63, 3.8) is 0 Å². The molecule has 0 atom stereocenters. The summed E-state index contributed by atoms with van der Waals surface area (Å²) < 4.78 is 1.29. The fourth-order valence-electron chi connectivity index (χ4n) is 6.15. The second-order valence-electron chi connectivity index (χ2n) is 9.97. The van der Waals surface area contributed by atoms with Gasteiger partial charge in [0.1, 0.15) is 0 Å². The summed E-state index contributed by atoms with van der Waals surface area (Å²) in [6, 6.07) is 17.6. The van der Waals surface area contributed by atoms with Crippen molar-refractivity contribution in [1.29, 1.82) is 0 Å². The van der Waals surface area contributed by atoms with Crippen molar-refractivity contribution in [3.8, 4) is 0 Å². The molecular formula is C30H36BrP. The summed E-state index contributed by atoms with van der Waals surface area (Å²) in [5, 5.41) is 1.86. The molecule has 6 rings (SSSR count). The van der Waals surface area contributed by atoms with Crippen LogP contribution in [0, 0.1) is 0 Å². The second kappa shape index (κ2) is 10.8. The topological polar surface area (TPSA) is 0 Å². The average molecular weight is 507 g/mol. The van der Waals surface area contributed by atoms with E-state index >= 15 is 0 Å². The quantitative estimate of drug-likeness (QED) is 0.363. The molecule has 0 nitrogen and oxygen atoms in total. The maximum absolute atomic E-state index is 3.48. The molecule has 2 aromatic carbocycles. The van der Waals surface area contributed by atoms with E-state index in [4.69, 9.17) is 0 Å². The highest BCUT2D eigenvalue weighted by Crippen LogP contribution is 2.63. The van der Waals surface area contributed by atoms with Crippen LogP contribution < -0.4 is 0 Å². The van der Waals surface area contributed by atoms with Gasteiger partial charge >= 0.3 is 0 Å². The fourth-order valence-corrected chi connectivity index (χ4v) is 10.7. The number of hydrogen-bond acceptors (Lipinski definition) is 0. The van der Waals surface area contributed by atoms with Gasteiger partial charge in [0, 0.05) is 10.9 Å². The Kier molecular flexibility index (Phi) is 7.66. The molecule has 2 fully saturated rings. The Morgan fingerprint density at radius 2 is 1.09 bits per heavy atom. The van der Waals surface area contributed by atoms with Crippen LogP contribution in [0.15, 0.2) is 58.3 Å². The summed E-state index contributed by atoms with van der Waals surface area (Å²) in [7, 11) is 0.117. The SMILES string of the molecule is BrC1=Cc2ccccc2C1.C1=C(P(C2CCCCC2)C2CCCCC2)Cc2ccccc21. The highest BCUT2D eigenvalue weighted by molar-refractivity contribution is 9.11. The second-order valence-corrected chi connectivity index (χ2v) is 13.8. The highest BCUT2D eigenvalue weighted by Gasteiger charge is 2.34. The molecule has 0 unspecified atom stereocenters. The zero-order chi connectivity index (χ0) is 21.8. The number of hydrogen-bond donors (Lipinski definition) is 0. The van der Waals surface area contributed by atoms with Gasteiger partial charge in [0.05, 0.1) is 0 Å². The van der Waals surface area contributed by atoms with E-state index < -0.39 is 0 Å². The van der Waals surface area contributed by atoms with Crippen molar-refractivity contribution in [2.75, 3.05) is 0 Å². The Balaban J connectivity index is 0.000000180. The predicted octanol–water partition coefficient (Wildman–Crippen LogP) is 9.71. The molecule has 0 heterocycles. The smallest absolute Gasteiger partial charge is 0.00468 e. The van der Waals surface area contributed by atoms with Crippen LogP contribution in [-0.4, -0.2) is 11.3 Å². The van der Waals surface area contributed by atoms with Crippen molar-refractivity contribution < 1.29 is 0 Å². The lowest BCUT2D eigenvalue weighted by atomic mass is 9.99. The molecule has 4 aliphatic carbocycles. The molecule has 2 saturated carbocycles. The molecule has 4 aliphatic rings. The highest BCUT2D eigenvalue weighted by atomic mass is 79.9. The van der Waals surface area contributed by atoms with Crippen LogP contribution in [0.2, 0.25) is 0 Å². The van der Waals surface area contributed by atoms with Gasteiger partial charge in [-0.25, -0.2) is 0 Å². The van der Waals surface area contributed by atoms with Crippen LogP contribution >= 0.6 is 23.9 Å². The van der Waals surface area contributed by atoms with Crippen LogP contribution in [0.1, 0.15) is 86.5 Å². The third kappa shape index (κ3) is 5.31. The minimum absolute atomic E-state index is 0.117. The average Bonchev–Trinajstić information content (AvgIpc) is 3.43. The molecule has 0 aromatic heterocycles. The zero-order valence-electron chi connectivity index (χ0n) is 19.2. The molecule has 0 saturated heterocycles. The normalized spacial score (nSPS) is 20.8. The maximum atomic E-state index is 3.48. The molecule has 32 heavy (non-hydrogen) atoms. The fraction of sp³-hybridized carbons (Fsp3) is 0.467. The monoisotopic (exact) mass is 506 g/mol. The molecular weight excluding hydrogens is 471 g/mol. The molecule has 0 bridgehead atoms. The summed E-state index contributed by atoms with van der Waals surface area (Å²) in [6.45, 7) is 0. The maximum Gasteiger partial charge on any atom is 0.00468 e. The van der Waals surface area contributed by atoms with E-state index in [-0.39, 0.29) is 7.92 Å². The molecule has 0 aliphatic heterocycles. The lowest BCUT2D eigenvalue weighted by molar-refractivity contribution is 0.486. The van der Waals surface area contributed by atoms with Gasteiger partial charge < -0.3 is 0 Å². The predicted molar refractivity (Wildman–Crippen MR) is 146 cm³/mol. The Bertz CT molecular complexity index is 958. The number of rotatable bonds is 3. The van der Waals surface area contributed by atoms with Crippen molar-refractivity contribution >= 4 is 36.0 Å². The van der Waals surface area contributed by atoms with Gasteiger partial charge in [-0.3, -0.25) is 0 Å². The van der Waals surface area contributed by atoms with E-state index in [1.807, 2.05) is 5.31 Å². The van der Waals surface area contributed by atoms with E-state index in [1.165, 1.54) is 91.8 Å². The largest absolute Gasteiger partial charge is 0.0730 e. The summed E-state index contributed by atoms with van der Waals surface area (Å²) in [5.41, 5.74) is 8.00. The first-order valence-corrected chi connectivity index (χ1v) is 15.1. The molecule has 0 radical (unpaired) electrons. The van der Waals surface area contributed by atoms with Crippen molar-refractivity contribution in [1.82, 2.24) is 0 Å². The van der Waals surface area contributed by atoms with Gasteiger partial charge in [-0.1, -0.05) is 117 Å². The summed E-state index contributed by atoms with van der Waals surface area (Å²) in [5.74, 6) is 0. The third-order valence-corrected chi connectivity index (χ3v) is 11.8. The molecule has 2 aromatic rings. The van der Waals surface area contributed by atoms with E-state index in [1.54, 1.807) is 5.56 Å². The van der Waals surface area contributed by atoms with Gasteiger partial charge in [0.25, 0.3) is 0 Å².